The van der Waals surface area contributed by atoms with E-state index in [2.05, 4.69) is 48.7 Å². The quantitative estimate of drug-likeness (QED) is 0.674. The van der Waals surface area contributed by atoms with E-state index in [9.17, 15) is 0 Å². The molecule has 158 valence electrons. The standard InChI is InChI=1S/C23H24N6O2/c1-2-21-19(9-15(1)16-12-26-22(27-13-16)17-10-24-11-17)28-23-18(14-31-21)20(3-4-25-23)29-5-7-30-8-6-29/h1-4,9,12-13,17,24H,5-8,10-11,14H2,(H,25,28). The maximum atomic E-state index is 6.17. The number of nitrogens with zero attached hydrogens (tertiary/aromatic N) is 4. The summed E-state index contributed by atoms with van der Waals surface area (Å²) in [7, 11) is 0. The number of hydrogen-bond acceptors (Lipinski definition) is 8. The molecule has 3 aromatic rings. The molecule has 2 aromatic heterocycles. The summed E-state index contributed by atoms with van der Waals surface area (Å²) in [6, 6.07) is 8.20. The highest BCUT2D eigenvalue weighted by Gasteiger charge is 2.23. The molecular formula is C23H24N6O2. The van der Waals surface area contributed by atoms with Crippen molar-refractivity contribution in [3.63, 3.8) is 0 Å². The molecular weight excluding hydrogens is 392 g/mol. The molecule has 0 radical (unpaired) electrons. The minimum Gasteiger partial charge on any atom is -0.487 e. The van der Waals surface area contributed by atoms with Crippen molar-refractivity contribution in [2.75, 3.05) is 49.6 Å². The first-order valence-corrected chi connectivity index (χ1v) is 10.7. The Morgan fingerprint density at radius 1 is 0.968 bits per heavy atom. The molecule has 3 aliphatic heterocycles. The van der Waals surface area contributed by atoms with Gasteiger partial charge in [0.15, 0.2) is 0 Å². The lowest BCUT2D eigenvalue weighted by atomic mass is 10.0. The number of benzene rings is 1. The maximum absolute atomic E-state index is 6.17. The van der Waals surface area contributed by atoms with Crippen LogP contribution < -0.4 is 20.3 Å². The molecule has 31 heavy (non-hydrogen) atoms. The molecule has 3 aliphatic rings. The minimum absolute atomic E-state index is 0.430. The van der Waals surface area contributed by atoms with Crippen molar-refractivity contribution in [2.45, 2.75) is 12.5 Å². The van der Waals surface area contributed by atoms with E-state index < -0.39 is 0 Å². The van der Waals surface area contributed by atoms with Crippen molar-refractivity contribution in [2.24, 2.45) is 0 Å². The van der Waals surface area contributed by atoms with Crippen molar-refractivity contribution < 1.29 is 9.47 Å². The predicted octanol–water partition coefficient (Wildman–Crippen LogP) is 2.70. The second-order valence-corrected chi connectivity index (χ2v) is 8.07. The molecule has 6 rings (SSSR count). The Balaban J connectivity index is 1.30. The number of rotatable bonds is 3. The van der Waals surface area contributed by atoms with E-state index in [-0.39, 0.29) is 0 Å². The van der Waals surface area contributed by atoms with Crippen LogP contribution in [-0.4, -0.2) is 54.3 Å². The van der Waals surface area contributed by atoms with Gasteiger partial charge >= 0.3 is 0 Å². The Kier molecular flexibility index (Phi) is 4.66. The van der Waals surface area contributed by atoms with E-state index in [1.807, 2.05) is 24.7 Å². The van der Waals surface area contributed by atoms with Crippen LogP contribution in [0.2, 0.25) is 0 Å². The lowest BCUT2D eigenvalue weighted by molar-refractivity contribution is 0.122. The molecule has 1 aromatic carbocycles. The smallest absolute Gasteiger partial charge is 0.143 e. The summed E-state index contributed by atoms with van der Waals surface area (Å²) >= 11 is 0. The van der Waals surface area contributed by atoms with Crippen molar-refractivity contribution >= 4 is 17.2 Å². The van der Waals surface area contributed by atoms with Gasteiger partial charge in [-0.1, -0.05) is 6.07 Å². The molecule has 0 unspecified atom stereocenters. The lowest BCUT2D eigenvalue weighted by Crippen LogP contribution is -2.40. The number of anilines is 3. The van der Waals surface area contributed by atoms with Gasteiger partial charge in [-0.3, -0.25) is 0 Å². The van der Waals surface area contributed by atoms with E-state index in [4.69, 9.17) is 9.47 Å². The summed E-state index contributed by atoms with van der Waals surface area (Å²) in [4.78, 5) is 16.1. The van der Waals surface area contributed by atoms with Crippen molar-refractivity contribution in [3.8, 4) is 16.9 Å². The maximum Gasteiger partial charge on any atom is 0.143 e. The Bertz CT molecular complexity index is 1090. The van der Waals surface area contributed by atoms with Crippen LogP contribution in [0.15, 0.2) is 42.9 Å². The summed E-state index contributed by atoms with van der Waals surface area (Å²) in [6.07, 6.45) is 5.67. The highest BCUT2D eigenvalue weighted by molar-refractivity contribution is 5.77. The topological polar surface area (TPSA) is 84.4 Å². The summed E-state index contributed by atoms with van der Waals surface area (Å²) in [5.41, 5.74) is 5.16. The molecule has 0 amide bonds. The summed E-state index contributed by atoms with van der Waals surface area (Å²) in [5.74, 6) is 2.99. The number of aromatic nitrogens is 3. The first kappa shape index (κ1) is 18.5. The largest absolute Gasteiger partial charge is 0.487 e. The van der Waals surface area contributed by atoms with Gasteiger partial charge in [0.1, 0.15) is 24.0 Å². The van der Waals surface area contributed by atoms with Crippen molar-refractivity contribution in [1.82, 2.24) is 20.3 Å². The number of ether oxygens (including phenoxy) is 2. The number of hydrogen-bond donors (Lipinski definition) is 2. The minimum atomic E-state index is 0.430. The molecule has 8 heteroatoms. The van der Waals surface area contributed by atoms with Gasteiger partial charge < -0.3 is 25.0 Å². The highest BCUT2D eigenvalue weighted by Crippen LogP contribution is 2.38. The van der Waals surface area contributed by atoms with Crippen LogP contribution >= 0.6 is 0 Å². The predicted molar refractivity (Wildman–Crippen MR) is 118 cm³/mol. The van der Waals surface area contributed by atoms with Crippen LogP contribution in [-0.2, 0) is 11.3 Å². The third kappa shape index (κ3) is 3.47. The van der Waals surface area contributed by atoms with E-state index in [0.717, 1.165) is 84.8 Å². The fraction of sp³-hybridized carbons (Fsp3) is 0.348. The summed E-state index contributed by atoms with van der Waals surface area (Å²) in [6.45, 7) is 5.63. The number of nitrogens with one attached hydrogen (secondary N) is 2. The normalized spacial score (nSPS) is 18.1. The number of fused-ring (bicyclic) bond motifs is 2. The molecule has 0 spiro atoms. The van der Waals surface area contributed by atoms with Gasteiger partial charge in [-0.15, -0.1) is 0 Å². The van der Waals surface area contributed by atoms with Crippen LogP contribution in [0.1, 0.15) is 17.3 Å². The molecule has 2 N–H and O–H groups in total. The van der Waals surface area contributed by atoms with E-state index >= 15 is 0 Å². The zero-order valence-corrected chi connectivity index (χ0v) is 17.2. The Morgan fingerprint density at radius 3 is 2.58 bits per heavy atom. The van der Waals surface area contributed by atoms with E-state index in [0.29, 0.717) is 12.5 Å². The molecule has 0 atom stereocenters. The first-order chi connectivity index (χ1) is 15.3. The van der Waals surface area contributed by atoms with Crippen LogP contribution in [0.25, 0.3) is 11.1 Å². The summed E-state index contributed by atoms with van der Waals surface area (Å²) in [5, 5.41) is 6.76. The van der Waals surface area contributed by atoms with Crippen LogP contribution in [0.4, 0.5) is 17.2 Å². The Hall–Kier alpha value is -3.23. The van der Waals surface area contributed by atoms with E-state index in [1.54, 1.807) is 0 Å². The molecule has 2 fully saturated rings. The number of pyridine rings is 1. The average molecular weight is 416 g/mol. The van der Waals surface area contributed by atoms with Gasteiger partial charge in [0.05, 0.1) is 24.5 Å². The highest BCUT2D eigenvalue weighted by atomic mass is 16.5. The molecule has 0 bridgehead atoms. The van der Waals surface area contributed by atoms with Gasteiger partial charge in [-0.05, 0) is 23.8 Å². The van der Waals surface area contributed by atoms with Gasteiger partial charge in [0, 0.05) is 61.9 Å². The van der Waals surface area contributed by atoms with Crippen molar-refractivity contribution in [3.05, 3.63) is 54.2 Å². The van der Waals surface area contributed by atoms with Crippen LogP contribution in [0.3, 0.4) is 0 Å². The third-order valence-electron chi connectivity index (χ3n) is 6.14. The Morgan fingerprint density at radius 2 is 1.81 bits per heavy atom. The SMILES string of the molecule is c1cc(N2CCOCC2)c2c(n1)Nc1cc(-c3cnc(C4CNC4)nc3)ccc1OC2. The summed E-state index contributed by atoms with van der Waals surface area (Å²) < 4.78 is 11.7. The molecule has 0 aliphatic carbocycles. The van der Waals surface area contributed by atoms with E-state index in [1.165, 1.54) is 0 Å². The van der Waals surface area contributed by atoms with Gasteiger partial charge in [-0.2, -0.15) is 0 Å². The van der Waals surface area contributed by atoms with Crippen molar-refractivity contribution in [1.29, 1.82) is 0 Å². The zero-order valence-electron chi connectivity index (χ0n) is 17.2. The lowest BCUT2D eigenvalue weighted by Gasteiger charge is -2.30. The Labute approximate surface area is 180 Å². The van der Waals surface area contributed by atoms with Crippen LogP contribution in [0.5, 0.6) is 5.75 Å². The fourth-order valence-electron chi connectivity index (χ4n) is 4.21. The number of morpholine rings is 1. The monoisotopic (exact) mass is 416 g/mol. The third-order valence-corrected chi connectivity index (χ3v) is 6.14. The van der Waals surface area contributed by atoms with Gasteiger partial charge in [0.2, 0.25) is 0 Å². The second kappa shape index (κ2) is 7.79. The zero-order chi connectivity index (χ0) is 20.6. The second-order valence-electron chi connectivity index (χ2n) is 8.07. The molecule has 5 heterocycles. The molecule has 0 saturated carbocycles. The van der Waals surface area contributed by atoms with Gasteiger partial charge in [-0.25, -0.2) is 15.0 Å². The fourth-order valence-corrected chi connectivity index (χ4v) is 4.21. The average Bonchev–Trinajstić information content (AvgIpc) is 2.97. The molecule has 2 saturated heterocycles. The van der Waals surface area contributed by atoms with Gasteiger partial charge in [0.25, 0.3) is 0 Å². The first-order valence-electron chi connectivity index (χ1n) is 10.7. The molecule has 8 nitrogen and oxygen atoms in total. The van der Waals surface area contributed by atoms with Crippen LogP contribution in [0, 0.1) is 0 Å².